The Morgan fingerprint density at radius 2 is 2.44 bits per heavy atom. The average Bonchev–Trinajstić information content (AvgIpc) is 2.74. The zero-order valence-electron chi connectivity index (χ0n) is 9.69. The fourth-order valence-electron chi connectivity index (χ4n) is 2.29. The lowest BCUT2D eigenvalue weighted by Gasteiger charge is -2.24. The Balaban J connectivity index is 2.07. The van der Waals surface area contributed by atoms with Crippen molar-refractivity contribution < 1.29 is 0 Å². The summed E-state index contributed by atoms with van der Waals surface area (Å²) in [5, 5.41) is 1.09. The lowest BCUT2D eigenvalue weighted by atomic mass is 10.1. The molecule has 0 radical (unpaired) electrons. The highest BCUT2D eigenvalue weighted by Crippen LogP contribution is 2.25. The Morgan fingerprint density at radius 3 is 3.19 bits per heavy atom. The molecule has 1 aromatic heterocycles. The van der Waals surface area contributed by atoms with E-state index in [4.69, 9.17) is 0 Å². The van der Waals surface area contributed by atoms with Crippen molar-refractivity contribution in [3.8, 4) is 0 Å². The van der Waals surface area contributed by atoms with Crippen LogP contribution < -0.4 is 4.90 Å². The maximum absolute atomic E-state index is 4.52. The van der Waals surface area contributed by atoms with Crippen LogP contribution in [0.2, 0.25) is 0 Å². The van der Waals surface area contributed by atoms with Crippen molar-refractivity contribution in [2.24, 2.45) is 0 Å². The van der Waals surface area contributed by atoms with Gasteiger partial charge in [0, 0.05) is 29.8 Å². The minimum absolute atomic E-state index is 0.638. The molecule has 0 amide bonds. The van der Waals surface area contributed by atoms with Gasteiger partial charge in [0.1, 0.15) is 0 Å². The SMILES string of the molecule is Cc1ccnc(N2CCCC2CCCBr)n1. The monoisotopic (exact) mass is 283 g/mol. The molecule has 0 bridgehead atoms. The van der Waals surface area contributed by atoms with Crippen LogP contribution in [0.4, 0.5) is 5.95 Å². The standard InChI is InChI=1S/C12H18BrN3/c1-10-6-8-14-12(15-10)16-9-3-5-11(16)4-2-7-13/h6,8,11H,2-5,7,9H2,1H3. The number of halogens is 1. The first-order valence-corrected chi connectivity index (χ1v) is 7.05. The first-order valence-electron chi connectivity index (χ1n) is 5.93. The van der Waals surface area contributed by atoms with Gasteiger partial charge >= 0.3 is 0 Å². The van der Waals surface area contributed by atoms with Gasteiger partial charge in [0.2, 0.25) is 5.95 Å². The van der Waals surface area contributed by atoms with Crippen molar-refractivity contribution in [3.63, 3.8) is 0 Å². The molecule has 1 unspecified atom stereocenters. The molecule has 0 spiro atoms. The van der Waals surface area contributed by atoms with Gasteiger partial charge in [-0.1, -0.05) is 15.9 Å². The van der Waals surface area contributed by atoms with Crippen LogP contribution in [-0.2, 0) is 0 Å². The number of aromatic nitrogens is 2. The largest absolute Gasteiger partial charge is 0.338 e. The van der Waals surface area contributed by atoms with E-state index in [-0.39, 0.29) is 0 Å². The van der Waals surface area contributed by atoms with E-state index in [1.807, 2.05) is 19.2 Å². The van der Waals surface area contributed by atoms with Crippen LogP contribution in [0.3, 0.4) is 0 Å². The second kappa shape index (κ2) is 5.62. The van der Waals surface area contributed by atoms with Crippen LogP contribution in [0.1, 0.15) is 31.4 Å². The lowest BCUT2D eigenvalue weighted by molar-refractivity contribution is 0.595. The maximum Gasteiger partial charge on any atom is 0.225 e. The van der Waals surface area contributed by atoms with Crippen molar-refractivity contribution in [1.29, 1.82) is 0 Å². The third-order valence-corrected chi connectivity index (χ3v) is 3.65. The highest BCUT2D eigenvalue weighted by molar-refractivity contribution is 9.09. The van der Waals surface area contributed by atoms with E-state index in [0.29, 0.717) is 6.04 Å². The van der Waals surface area contributed by atoms with Crippen molar-refractivity contribution in [2.75, 3.05) is 16.8 Å². The van der Waals surface area contributed by atoms with E-state index in [9.17, 15) is 0 Å². The minimum Gasteiger partial charge on any atom is -0.338 e. The third kappa shape index (κ3) is 2.73. The molecule has 2 heterocycles. The zero-order chi connectivity index (χ0) is 11.4. The first-order chi connectivity index (χ1) is 7.81. The molecular formula is C12H18BrN3. The van der Waals surface area contributed by atoms with Gasteiger partial charge in [-0.3, -0.25) is 0 Å². The number of hydrogen-bond acceptors (Lipinski definition) is 3. The molecule has 0 saturated carbocycles. The van der Waals surface area contributed by atoms with Crippen molar-refractivity contribution in [3.05, 3.63) is 18.0 Å². The molecule has 1 aliphatic rings. The number of aryl methyl sites for hydroxylation is 1. The smallest absolute Gasteiger partial charge is 0.225 e. The van der Waals surface area contributed by atoms with E-state index in [1.54, 1.807) is 0 Å². The van der Waals surface area contributed by atoms with Gasteiger partial charge < -0.3 is 4.90 Å². The molecule has 88 valence electrons. The number of hydrogen-bond donors (Lipinski definition) is 0. The molecule has 4 heteroatoms. The van der Waals surface area contributed by atoms with Crippen LogP contribution in [-0.4, -0.2) is 27.9 Å². The highest BCUT2D eigenvalue weighted by atomic mass is 79.9. The summed E-state index contributed by atoms with van der Waals surface area (Å²) in [6, 6.07) is 2.59. The Labute approximate surface area is 105 Å². The van der Waals surface area contributed by atoms with Crippen molar-refractivity contribution in [1.82, 2.24) is 9.97 Å². The second-order valence-corrected chi connectivity index (χ2v) is 5.11. The summed E-state index contributed by atoms with van der Waals surface area (Å²) >= 11 is 3.49. The van der Waals surface area contributed by atoms with Crippen LogP contribution in [0.5, 0.6) is 0 Å². The van der Waals surface area contributed by atoms with Gasteiger partial charge in [-0.05, 0) is 38.7 Å². The Morgan fingerprint density at radius 1 is 1.56 bits per heavy atom. The van der Waals surface area contributed by atoms with E-state index < -0.39 is 0 Å². The Bertz CT molecular complexity index is 343. The predicted molar refractivity (Wildman–Crippen MR) is 70.2 cm³/mol. The number of nitrogens with zero attached hydrogens (tertiary/aromatic N) is 3. The summed E-state index contributed by atoms with van der Waals surface area (Å²) in [5.74, 6) is 0.914. The summed E-state index contributed by atoms with van der Waals surface area (Å²) in [6.07, 6.45) is 6.88. The molecule has 1 fully saturated rings. The topological polar surface area (TPSA) is 29.0 Å². The van der Waals surface area contributed by atoms with E-state index in [2.05, 4.69) is 30.8 Å². The first kappa shape index (κ1) is 11.8. The molecule has 1 atom stereocenters. The van der Waals surface area contributed by atoms with Crippen molar-refractivity contribution >= 4 is 21.9 Å². The molecule has 0 N–H and O–H groups in total. The van der Waals surface area contributed by atoms with Crippen LogP contribution in [0, 0.1) is 6.92 Å². The zero-order valence-corrected chi connectivity index (χ0v) is 11.3. The molecule has 0 aliphatic carbocycles. The summed E-state index contributed by atoms with van der Waals surface area (Å²) < 4.78 is 0. The van der Waals surface area contributed by atoms with E-state index in [0.717, 1.165) is 23.5 Å². The molecule has 1 saturated heterocycles. The molecule has 1 aliphatic heterocycles. The Hall–Kier alpha value is -0.640. The summed E-state index contributed by atoms with van der Waals surface area (Å²) in [6.45, 7) is 3.13. The van der Waals surface area contributed by atoms with Gasteiger partial charge in [-0.2, -0.15) is 0 Å². The minimum atomic E-state index is 0.638. The summed E-state index contributed by atoms with van der Waals surface area (Å²) in [4.78, 5) is 11.3. The number of rotatable bonds is 4. The summed E-state index contributed by atoms with van der Waals surface area (Å²) in [7, 11) is 0. The van der Waals surface area contributed by atoms with E-state index in [1.165, 1.54) is 25.7 Å². The van der Waals surface area contributed by atoms with Crippen LogP contribution >= 0.6 is 15.9 Å². The van der Waals surface area contributed by atoms with Gasteiger partial charge in [-0.15, -0.1) is 0 Å². The number of anilines is 1. The average molecular weight is 284 g/mol. The van der Waals surface area contributed by atoms with Gasteiger partial charge in [0.05, 0.1) is 0 Å². The van der Waals surface area contributed by atoms with Crippen LogP contribution in [0.15, 0.2) is 12.3 Å². The second-order valence-electron chi connectivity index (χ2n) is 4.32. The summed E-state index contributed by atoms with van der Waals surface area (Å²) in [5.41, 5.74) is 1.05. The van der Waals surface area contributed by atoms with E-state index >= 15 is 0 Å². The fourth-order valence-corrected chi connectivity index (χ4v) is 2.61. The van der Waals surface area contributed by atoms with Crippen molar-refractivity contribution in [2.45, 2.75) is 38.6 Å². The maximum atomic E-state index is 4.52. The molecule has 3 nitrogen and oxygen atoms in total. The normalized spacial score (nSPS) is 20.4. The molecule has 2 rings (SSSR count). The third-order valence-electron chi connectivity index (χ3n) is 3.09. The molecule has 16 heavy (non-hydrogen) atoms. The molecule has 1 aromatic rings. The molecular weight excluding hydrogens is 266 g/mol. The van der Waals surface area contributed by atoms with Gasteiger partial charge in [-0.25, -0.2) is 9.97 Å². The van der Waals surface area contributed by atoms with Gasteiger partial charge in [0.15, 0.2) is 0 Å². The predicted octanol–water partition coefficient (Wildman–Crippen LogP) is 2.93. The molecule has 0 aromatic carbocycles. The quantitative estimate of drug-likeness (QED) is 0.796. The van der Waals surface area contributed by atoms with Gasteiger partial charge in [0.25, 0.3) is 0 Å². The highest BCUT2D eigenvalue weighted by Gasteiger charge is 2.25. The Kier molecular flexibility index (Phi) is 4.16. The fraction of sp³-hybridized carbons (Fsp3) is 0.667. The number of alkyl halides is 1. The van der Waals surface area contributed by atoms with Crippen LogP contribution in [0.25, 0.3) is 0 Å². The lowest BCUT2D eigenvalue weighted by Crippen LogP contribution is -2.30.